The van der Waals surface area contributed by atoms with E-state index in [1.807, 2.05) is 0 Å². The topological polar surface area (TPSA) is 50.8 Å². The van der Waals surface area contributed by atoms with Crippen molar-refractivity contribution >= 4 is 11.6 Å². The Kier molecular flexibility index (Phi) is 4.88. The predicted molar refractivity (Wildman–Crippen MR) is 84.8 cm³/mol. The zero-order chi connectivity index (χ0) is 18.8. The number of nitrogens with zero attached hydrogens (tertiary/aromatic N) is 1. The van der Waals surface area contributed by atoms with E-state index in [2.05, 4.69) is 14.8 Å². The number of halogens is 4. The average Bonchev–Trinajstić information content (AvgIpc) is 2.58. The molecule has 1 aliphatic heterocycles. The molecule has 2 aromatic carbocycles. The van der Waals surface area contributed by atoms with Gasteiger partial charge in [0.1, 0.15) is 17.7 Å². The van der Waals surface area contributed by atoms with Crippen molar-refractivity contribution in [2.24, 2.45) is 0 Å². The third kappa shape index (κ3) is 3.51. The lowest BCUT2D eigenvalue weighted by atomic mass is 10.0. The van der Waals surface area contributed by atoms with Gasteiger partial charge in [0.15, 0.2) is 0 Å². The summed E-state index contributed by atoms with van der Waals surface area (Å²) in [7, 11) is 1.67. The average molecular weight is 370 g/mol. The first kappa shape index (κ1) is 17.8. The smallest absolute Gasteiger partial charge is 0.387 e. The highest BCUT2D eigenvalue weighted by atomic mass is 19.3. The second kappa shape index (κ2) is 7.11. The van der Waals surface area contributed by atoms with E-state index >= 15 is 0 Å². The number of hydrogen-bond acceptors (Lipinski definition) is 4. The van der Waals surface area contributed by atoms with Gasteiger partial charge < -0.3 is 19.7 Å². The summed E-state index contributed by atoms with van der Waals surface area (Å²) in [6.45, 7) is -6.28. The van der Waals surface area contributed by atoms with Crippen molar-refractivity contribution in [1.82, 2.24) is 5.32 Å². The van der Waals surface area contributed by atoms with E-state index in [-0.39, 0.29) is 23.0 Å². The molecule has 0 radical (unpaired) electrons. The summed E-state index contributed by atoms with van der Waals surface area (Å²) in [5, 5.41) is 2.69. The SMILES string of the molecule is CN1c2ccccc2C(=O)N[C@@H]1c1ccc(OC(F)F)cc1OC(F)F. The summed E-state index contributed by atoms with van der Waals surface area (Å²) < 4.78 is 58.9. The van der Waals surface area contributed by atoms with Crippen LogP contribution in [-0.4, -0.2) is 26.2 Å². The lowest BCUT2D eigenvalue weighted by Gasteiger charge is -2.37. The maximum Gasteiger partial charge on any atom is 0.387 e. The number of nitrogens with one attached hydrogen (secondary N) is 1. The Bertz CT molecular complexity index is 816. The monoisotopic (exact) mass is 370 g/mol. The molecule has 3 rings (SSSR count). The molecule has 138 valence electrons. The first-order chi connectivity index (χ1) is 12.4. The molecule has 9 heteroatoms. The van der Waals surface area contributed by atoms with Crippen LogP contribution in [0.25, 0.3) is 0 Å². The molecule has 1 N–H and O–H groups in total. The predicted octanol–water partition coefficient (Wildman–Crippen LogP) is 3.77. The summed E-state index contributed by atoms with van der Waals surface area (Å²) in [6, 6.07) is 10.2. The van der Waals surface area contributed by atoms with Gasteiger partial charge in [-0.2, -0.15) is 17.6 Å². The Morgan fingerprint density at radius 1 is 1.04 bits per heavy atom. The Morgan fingerprint density at radius 2 is 1.73 bits per heavy atom. The summed E-state index contributed by atoms with van der Waals surface area (Å²) in [6.07, 6.45) is -0.827. The van der Waals surface area contributed by atoms with Crippen LogP contribution in [0.15, 0.2) is 42.5 Å². The fourth-order valence-electron chi connectivity index (χ4n) is 2.81. The number of benzene rings is 2. The minimum atomic E-state index is -3.17. The molecule has 0 aromatic heterocycles. The normalized spacial score (nSPS) is 16.5. The zero-order valence-corrected chi connectivity index (χ0v) is 13.5. The van der Waals surface area contributed by atoms with Crippen LogP contribution in [0.1, 0.15) is 22.1 Å². The molecule has 0 unspecified atom stereocenters. The second-order valence-corrected chi connectivity index (χ2v) is 5.46. The van der Waals surface area contributed by atoms with Gasteiger partial charge in [-0.05, 0) is 24.3 Å². The van der Waals surface area contributed by atoms with E-state index in [1.165, 1.54) is 12.1 Å². The van der Waals surface area contributed by atoms with Crippen molar-refractivity contribution in [2.75, 3.05) is 11.9 Å². The molecule has 1 atom stereocenters. The van der Waals surface area contributed by atoms with Crippen LogP contribution in [-0.2, 0) is 0 Å². The van der Waals surface area contributed by atoms with Gasteiger partial charge in [-0.25, -0.2) is 0 Å². The van der Waals surface area contributed by atoms with E-state index in [4.69, 9.17) is 0 Å². The Labute approximate surface area is 146 Å². The number of carbonyl (C=O) groups excluding carboxylic acids is 1. The minimum Gasteiger partial charge on any atom is -0.435 e. The van der Waals surface area contributed by atoms with Gasteiger partial charge in [0, 0.05) is 18.7 Å². The van der Waals surface area contributed by atoms with Crippen LogP contribution in [0.5, 0.6) is 11.5 Å². The first-order valence-electron chi connectivity index (χ1n) is 7.53. The standard InChI is InChI=1S/C17H14F4N2O3/c1-23-12-5-3-2-4-10(12)15(24)22-14(23)11-7-6-9(25-16(18)19)8-13(11)26-17(20)21/h2-8,14,16-17H,1H3,(H,22,24)/t14-/m0/s1. The number of hydrogen-bond donors (Lipinski definition) is 1. The van der Waals surface area contributed by atoms with Gasteiger partial charge >= 0.3 is 13.2 Å². The van der Waals surface area contributed by atoms with Crippen molar-refractivity contribution in [2.45, 2.75) is 19.4 Å². The van der Waals surface area contributed by atoms with Crippen LogP contribution in [0.4, 0.5) is 23.2 Å². The lowest BCUT2D eigenvalue weighted by molar-refractivity contribution is -0.0548. The summed E-state index contributed by atoms with van der Waals surface area (Å²) in [5.74, 6) is -1.08. The number of carbonyl (C=O) groups is 1. The van der Waals surface area contributed by atoms with Crippen molar-refractivity contribution < 1.29 is 31.8 Å². The molecule has 1 aliphatic rings. The van der Waals surface area contributed by atoms with Gasteiger partial charge in [0.2, 0.25) is 0 Å². The molecule has 1 amide bonds. The molecule has 0 spiro atoms. The van der Waals surface area contributed by atoms with Crippen molar-refractivity contribution in [1.29, 1.82) is 0 Å². The summed E-state index contributed by atoms with van der Waals surface area (Å²) >= 11 is 0. The van der Waals surface area contributed by atoms with Crippen molar-refractivity contribution in [3.05, 3.63) is 53.6 Å². The number of rotatable bonds is 5. The number of fused-ring (bicyclic) bond motifs is 1. The third-order valence-electron chi connectivity index (χ3n) is 3.90. The van der Waals surface area contributed by atoms with E-state index in [1.54, 1.807) is 36.2 Å². The Balaban J connectivity index is 2.01. The van der Waals surface area contributed by atoms with Crippen LogP contribution in [0.2, 0.25) is 0 Å². The third-order valence-corrected chi connectivity index (χ3v) is 3.90. The number of ether oxygens (including phenoxy) is 2. The molecule has 2 aromatic rings. The Morgan fingerprint density at radius 3 is 2.42 bits per heavy atom. The van der Waals surface area contributed by atoms with Crippen LogP contribution in [0.3, 0.4) is 0 Å². The molecule has 0 fully saturated rings. The lowest BCUT2D eigenvalue weighted by Crippen LogP contribution is -2.44. The van der Waals surface area contributed by atoms with Gasteiger partial charge in [-0.15, -0.1) is 0 Å². The highest BCUT2D eigenvalue weighted by Crippen LogP contribution is 2.37. The van der Waals surface area contributed by atoms with Crippen LogP contribution in [0, 0.1) is 0 Å². The van der Waals surface area contributed by atoms with Gasteiger partial charge in [0.25, 0.3) is 5.91 Å². The van der Waals surface area contributed by atoms with E-state index in [9.17, 15) is 22.4 Å². The highest BCUT2D eigenvalue weighted by Gasteiger charge is 2.31. The van der Waals surface area contributed by atoms with Gasteiger partial charge in [-0.1, -0.05) is 12.1 Å². The Hall–Kier alpha value is -2.97. The molecule has 26 heavy (non-hydrogen) atoms. The first-order valence-corrected chi connectivity index (χ1v) is 7.53. The fourth-order valence-corrected chi connectivity index (χ4v) is 2.81. The second-order valence-electron chi connectivity index (χ2n) is 5.46. The molecule has 0 bridgehead atoms. The molecule has 0 saturated carbocycles. The van der Waals surface area contributed by atoms with Crippen LogP contribution >= 0.6 is 0 Å². The maximum atomic E-state index is 12.8. The number of para-hydroxylation sites is 1. The molecule has 1 heterocycles. The highest BCUT2D eigenvalue weighted by molar-refractivity contribution is 6.02. The number of alkyl halides is 4. The van der Waals surface area contributed by atoms with E-state index in [0.717, 1.165) is 6.07 Å². The van der Waals surface area contributed by atoms with Crippen LogP contribution < -0.4 is 19.7 Å². The maximum absolute atomic E-state index is 12.8. The van der Waals surface area contributed by atoms with E-state index in [0.29, 0.717) is 11.3 Å². The number of amides is 1. The molecule has 0 aliphatic carbocycles. The van der Waals surface area contributed by atoms with Crippen molar-refractivity contribution in [3.8, 4) is 11.5 Å². The van der Waals surface area contributed by atoms with Crippen molar-refractivity contribution in [3.63, 3.8) is 0 Å². The van der Waals surface area contributed by atoms with E-state index < -0.39 is 19.4 Å². The van der Waals surface area contributed by atoms with Gasteiger partial charge in [0.05, 0.1) is 11.3 Å². The number of anilines is 1. The molecule has 0 saturated heterocycles. The summed E-state index contributed by atoms with van der Waals surface area (Å²) in [5.41, 5.74) is 1.20. The summed E-state index contributed by atoms with van der Waals surface area (Å²) in [4.78, 5) is 14.0. The molecular weight excluding hydrogens is 356 g/mol. The molecular formula is C17H14F4N2O3. The largest absolute Gasteiger partial charge is 0.435 e. The van der Waals surface area contributed by atoms with Gasteiger partial charge in [-0.3, -0.25) is 4.79 Å². The fraction of sp³-hybridized carbons (Fsp3) is 0.235. The quantitative estimate of drug-likeness (QED) is 0.815. The molecule has 5 nitrogen and oxygen atoms in total. The zero-order valence-electron chi connectivity index (χ0n) is 13.5. The minimum absolute atomic E-state index is 0.178.